The third-order valence-electron chi connectivity index (χ3n) is 8.24. The predicted molar refractivity (Wildman–Crippen MR) is 139 cm³/mol. The van der Waals surface area contributed by atoms with Gasteiger partial charge in [0.05, 0.1) is 10.5 Å². The first-order valence-electron chi connectivity index (χ1n) is 13.5. The smallest absolute Gasteiger partial charge is 0.363 e. The van der Waals surface area contributed by atoms with Crippen molar-refractivity contribution in [3.05, 3.63) is 63.7 Å². The number of benzene rings is 2. The molecule has 1 aliphatic carbocycles. The molecule has 1 saturated heterocycles. The maximum Gasteiger partial charge on any atom is 0.416 e. The second-order valence-corrected chi connectivity index (χ2v) is 10.6. The number of para-hydroxylation sites is 1. The van der Waals surface area contributed by atoms with Gasteiger partial charge in [-0.3, -0.25) is 19.8 Å². The van der Waals surface area contributed by atoms with Crippen LogP contribution in [0.5, 0.6) is 0 Å². The molecule has 2 fully saturated rings. The van der Waals surface area contributed by atoms with Crippen LogP contribution in [0.15, 0.2) is 42.5 Å². The Kier molecular flexibility index (Phi) is 7.61. The number of nitro groups is 1. The summed E-state index contributed by atoms with van der Waals surface area (Å²) < 4.78 is 39.3. The van der Waals surface area contributed by atoms with Crippen molar-refractivity contribution in [3.8, 4) is 0 Å². The van der Waals surface area contributed by atoms with Gasteiger partial charge in [-0.15, -0.1) is 0 Å². The molecule has 7 nitrogen and oxygen atoms in total. The fourth-order valence-corrected chi connectivity index (χ4v) is 6.21. The van der Waals surface area contributed by atoms with Gasteiger partial charge in [-0.05, 0) is 49.4 Å². The van der Waals surface area contributed by atoms with E-state index >= 15 is 0 Å². The minimum atomic E-state index is -4.64. The standard InChI is InChI=1S/C28H33F3N4O3/c29-28(30,31)22-11-13-25(26(18-22)35(37)38)33-16-14-32(15-17-33)19-23-12-10-20-6-4-5-9-24(20)34(23)27(36)21-7-2-1-3-8-21/h4-6,9,11,13,18,21,23H,1-3,7-8,10,12,14-17,19H2. The van der Waals surface area contributed by atoms with Gasteiger partial charge in [0.15, 0.2) is 0 Å². The van der Waals surface area contributed by atoms with E-state index in [-0.39, 0.29) is 23.6 Å². The average Bonchev–Trinajstić information content (AvgIpc) is 2.92. The maximum atomic E-state index is 13.8. The normalized spacial score (nSPS) is 21.3. The number of nitro benzene ring substituents is 1. The van der Waals surface area contributed by atoms with Crippen LogP contribution in [0, 0.1) is 16.0 Å². The molecule has 1 amide bonds. The first-order valence-corrected chi connectivity index (χ1v) is 13.5. The number of aryl methyl sites for hydroxylation is 1. The summed E-state index contributed by atoms with van der Waals surface area (Å²) >= 11 is 0. The molecule has 204 valence electrons. The Morgan fingerprint density at radius 2 is 1.66 bits per heavy atom. The summed E-state index contributed by atoms with van der Waals surface area (Å²) in [6.07, 6.45) is 2.40. The summed E-state index contributed by atoms with van der Waals surface area (Å²) in [5, 5.41) is 11.6. The first-order chi connectivity index (χ1) is 18.2. The lowest BCUT2D eigenvalue weighted by molar-refractivity contribution is -0.384. The van der Waals surface area contributed by atoms with Crippen LogP contribution in [0.4, 0.5) is 30.2 Å². The lowest BCUT2D eigenvalue weighted by Gasteiger charge is -2.43. The van der Waals surface area contributed by atoms with Crippen LogP contribution in [0.2, 0.25) is 0 Å². The minimum absolute atomic E-state index is 0.0475. The molecule has 0 aromatic heterocycles. The number of amides is 1. The van der Waals surface area contributed by atoms with Crippen LogP contribution in [0.1, 0.15) is 49.7 Å². The molecule has 1 saturated carbocycles. The van der Waals surface area contributed by atoms with Crippen molar-refractivity contribution in [2.24, 2.45) is 5.92 Å². The quantitative estimate of drug-likeness (QED) is 0.368. The van der Waals surface area contributed by atoms with Gasteiger partial charge in [0.25, 0.3) is 5.69 Å². The second-order valence-electron chi connectivity index (χ2n) is 10.6. The Bertz CT molecular complexity index is 1170. The minimum Gasteiger partial charge on any atom is -0.363 e. The van der Waals surface area contributed by atoms with Gasteiger partial charge in [-0.25, -0.2) is 0 Å². The lowest BCUT2D eigenvalue weighted by Crippen LogP contribution is -2.55. The number of anilines is 2. The number of rotatable bonds is 5. The van der Waals surface area contributed by atoms with Crippen molar-refractivity contribution >= 4 is 23.0 Å². The van der Waals surface area contributed by atoms with E-state index in [4.69, 9.17) is 0 Å². The number of hydrogen-bond acceptors (Lipinski definition) is 5. The third-order valence-corrected chi connectivity index (χ3v) is 8.24. The monoisotopic (exact) mass is 530 g/mol. The van der Waals surface area contributed by atoms with Crippen molar-refractivity contribution in [3.63, 3.8) is 0 Å². The Balaban J connectivity index is 1.29. The van der Waals surface area contributed by atoms with E-state index in [1.807, 2.05) is 23.1 Å². The van der Waals surface area contributed by atoms with Crippen molar-refractivity contribution in [1.82, 2.24) is 4.90 Å². The molecule has 10 heteroatoms. The highest BCUT2D eigenvalue weighted by Crippen LogP contribution is 2.38. The topological polar surface area (TPSA) is 69.9 Å². The number of piperazine rings is 1. The van der Waals surface area contributed by atoms with Gasteiger partial charge in [-0.2, -0.15) is 13.2 Å². The Morgan fingerprint density at radius 1 is 0.947 bits per heavy atom. The summed E-state index contributed by atoms with van der Waals surface area (Å²) in [6, 6.07) is 10.9. The predicted octanol–water partition coefficient (Wildman–Crippen LogP) is 5.66. The van der Waals surface area contributed by atoms with E-state index in [0.29, 0.717) is 38.8 Å². The van der Waals surface area contributed by atoms with Crippen LogP contribution in [-0.2, 0) is 17.4 Å². The highest BCUT2D eigenvalue weighted by molar-refractivity contribution is 5.97. The van der Waals surface area contributed by atoms with Crippen molar-refractivity contribution in [1.29, 1.82) is 0 Å². The van der Waals surface area contributed by atoms with E-state index in [2.05, 4.69) is 11.0 Å². The molecule has 38 heavy (non-hydrogen) atoms. The molecule has 2 aromatic rings. The summed E-state index contributed by atoms with van der Waals surface area (Å²) in [4.78, 5) is 30.7. The molecular formula is C28H33F3N4O3. The summed E-state index contributed by atoms with van der Waals surface area (Å²) in [5.41, 5.74) is 0.877. The van der Waals surface area contributed by atoms with Gasteiger partial charge in [0.1, 0.15) is 5.69 Å². The van der Waals surface area contributed by atoms with Crippen molar-refractivity contribution in [2.75, 3.05) is 42.5 Å². The van der Waals surface area contributed by atoms with E-state index in [9.17, 15) is 28.1 Å². The summed E-state index contributed by atoms with van der Waals surface area (Å²) in [6.45, 7) is 2.86. The molecule has 1 unspecified atom stereocenters. The lowest BCUT2D eigenvalue weighted by atomic mass is 9.86. The van der Waals surface area contributed by atoms with Crippen LogP contribution in [0.25, 0.3) is 0 Å². The molecule has 0 spiro atoms. The number of halogens is 3. The molecule has 0 N–H and O–H groups in total. The van der Waals surface area contributed by atoms with E-state index in [1.54, 1.807) is 4.90 Å². The van der Waals surface area contributed by atoms with Gasteiger partial charge in [-0.1, -0.05) is 37.5 Å². The zero-order valence-corrected chi connectivity index (χ0v) is 21.3. The fraction of sp³-hybridized carbons (Fsp3) is 0.536. The molecule has 0 radical (unpaired) electrons. The molecular weight excluding hydrogens is 497 g/mol. The van der Waals surface area contributed by atoms with Crippen LogP contribution in [-0.4, -0.2) is 54.5 Å². The number of nitrogens with zero attached hydrogens (tertiary/aromatic N) is 4. The number of hydrogen-bond donors (Lipinski definition) is 0. The molecule has 2 heterocycles. The van der Waals surface area contributed by atoms with Crippen LogP contribution >= 0.6 is 0 Å². The Morgan fingerprint density at radius 3 is 2.34 bits per heavy atom. The highest BCUT2D eigenvalue weighted by atomic mass is 19.4. The highest BCUT2D eigenvalue weighted by Gasteiger charge is 2.37. The van der Waals surface area contributed by atoms with Gasteiger partial charge >= 0.3 is 6.18 Å². The van der Waals surface area contributed by atoms with Crippen molar-refractivity contribution < 1.29 is 22.9 Å². The van der Waals surface area contributed by atoms with E-state index < -0.39 is 22.4 Å². The van der Waals surface area contributed by atoms with Gasteiger partial charge in [0.2, 0.25) is 5.91 Å². The van der Waals surface area contributed by atoms with E-state index in [0.717, 1.165) is 50.3 Å². The summed E-state index contributed by atoms with van der Waals surface area (Å²) in [7, 11) is 0. The zero-order chi connectivity index (χ0) is 26.9. The van der Waals surface area contributed by atoms with Gasteiger partial charge < -0.3 is 9.80 Å². The number of carbonyl (C=O) groups excluding carboxylic acids is 1. The molecule has 2 aliphatic heterocycles. The second kappa shape index (κ2) is 10.9. The zero-order valence-electron chi connectivity index (χ0n) is 21.3. The van der Waals surface area contributed by atoms with Gasteiger partial charge in [0, 0.05) is 56.4 Å². The molecule has 3 aliphatic rings. The molecule has 2 aromatic carbocycles. The summed E-state index contributed by atoms with van der Waals surface area (Å²) in [5.74, 6) is 0.287. The number of fused-ring (bicyclic) bond motifs is 1. The number of carbonyl (C=O) groups is 1. The van der Waals surface area contributed by atoms with Crippen LogP contribution < -0.4 is 9.80 Å². The number of alkyl halides is 3. The van der Waals surface area contributed by atoms with Crippen molar-refractivity contribution in [2.45, 2.75) is 57.2 Å². The Hall–Kier alpha value is -3.14. The largest absolute Gasteiger partial charge is 0.416 e. The molecule has 1 atom stereocenters. The first kappa shape index (κ1) is 26.5. The Labute approximate surface area is 220 Å². The maximum absolute atomic E-state index is 13.8. The molecule has 0 bridgehead atoms. The SMILES string of the molecule is O=C(C1CCCCC1)N1c2ccccc2CCC1CN1CCN(c2ccc(C(F)(F)F)cc2[N+](=O)[O-])CC1. The van der Waals surface area contributed by atoms with E-state index in [1.165, 1.54) is 18.1 Å². The average molecular weight is 531 g/mol. The molecule has 5 rings (SSSR count). The van der Waals surface area contributed by atoms with Crippen LogP contribution in [0.3, 0.4) is 0 Å². The fourth-order valence-electron chi connectivity index (χ4n) is 6.21. The third kappa shape index (κ3) is 5.50.